The van der Waals surface area contributed by atoms with Gasteiger partial charge in [-0.25, -0.2) is 0 Å². The lowest BCUT2D eigenvalue weighted by Crippen LogP contribution is -2.46. The van der Waals surface area contributed by atoms with E-state index in [0.29, 0.717) is 16.3 Å². The molecule has 0 aliphatic carbocycles. The molecule has 1 fully saturated rings. The van der Waals surface area contributed by atoms with Crippen LogP contribution in [0.25, 0.3) is 5.57 Å². The van der Waals surface area contributed by atoms with Crippen LogP contribution in [0.2, 0.25) is 5.02 Å². The summed E-state index contributed by atoms with van der Waals surface area (Å²) in [5, 5.41) is 0.554. The summed E-state index contributed by atoms with van der Waals surface area (Å²) in [5.41, 5.74) is 3.66. The van der Waals surface area contributed by atoms with E-state index in [0.717, 1.165) is 42.9 Å². The lowest BCUT2D eigenvalue weighted by atomic mass is 10.0. The number of hydrogen-bond donors (Lipinski definition) is 0. The Bertz CT molecular complexity index is 976. The van der Waals surface area contributed by atoms with Gasteiger partial charge in [0, 0.05) is 31.2 Å². The normalized spacial score (nSPS) is 18.2. The number of amides is 2. The number of halogens is 1. The quantitative estimate of drug-likeness (QED) is 0.727. The molecule has 0 unspecified atom stereocenters. The maximum absolute atomic E-state index is 13.4. The van der Waals surface area contributed by atoms with Gasteiger partial charge in [-0.15, -0.1) is 0 Å². The summed E-state index contributed by atoms with van der Waals surface area (Å²) >= 11 is 6.29. The third-order valence-electron chi connectivity index (χ3n) is 5.59. The van der Waals surface area contributed by atoms with Crippen molar-refractivity contribution in [3.05, 3.63) is 75.9 Å². The highest BCUT2D eigenvalue weighted by atomic mass is 35.5. The third kappa shape index (κ3) is 3.80. The summed E-state index contributed by atoms with van der Waals surface area (Å²) in [6, 6.07) is 15.1. The molecule has 2 aliphatic rings. The van der Waals surface area contributed by atoms with E-state index in [1.165, 1.54) is 4.90 Å². The molecule has 2 aromatic rings. The molecular formula is C23H24ClN3O2. The van der Waals surface area contributed by atoms with E-state index in [4.69, 9.17) is 11.6 Å². The van der Waals surface area contributed by atoms with Gasteiger partial charge in [0.15, 0.2) is 0 Å². The molecule has 0 bridgehead atoms. The van der Waals surface area contributed by atoms with Crippen molar-refractivity contribution in [3.63, 3.8) is 0 Å². The lowest BCUT2D eigenvalue weighted by molar-refractivity contribution is -0.138. The Morgan fingerprint density at radius 1 is 0.897 bits per heavy atom. The van der Waals surface area contributed by atoms with Gasteiger partial charge in [0.2, 0.25) is 0 Å². The van der Waals surface area contributed by atoms with Crippen LogP contribution in [-0.2, 0) is 16.1 Å². The van der Waals surface area contributed by atoms with Crippen LogP contribution in [0, 0.1) is 6.92 Å². The van der Waals surface area contributed by atoms with E-state index in [1.807, 2.05) is 49.4 Å². The Morgan fingerprint density at radius 3 is 2.21 bits per heavy atom. The third-order valence-corrected chi connectivity index (χ3v) is 5.96. The zero-order valence-corrected chi connectivity index (χ0v) is 17.4. The molecule has 0 N–H and O–H groups in total. The molecular weight excluding hydrogens is 386 g/mol. The molecule has 0 atom stereocenters. The van der Waals surface area contributed by atoms with Gasteiger partial charge < -0.3 is 9.80 Å². The lowest BCUT2D eigenvalue weighted by Gasteiger charge is -2.34. The molecule has 0 saturated carbocycles. The highest BCUT2D eigenvalue weighted by Crippen LogP contribution is 2.34. The Hall–Kier alpha value is -2.63. The molecule has 2 heterocycles. The van der Waals surface area contributed by atoms with Gasteiger partial charge >= 0.3 is 0 Å². The molecule has 6 heteroatoms. The van der Waals surface area contributed by atoms with Crippen LogP contribution in [0.5, 0.6) is 0 Å². The Labute approximate surface area is 176 Å². The largest absolute Gasteiger partial charge is 0.364 e. The summed E-state index contributed by atoms with van der Waals surface area (Å²) in [5.74, 6) is -0.497. The second-order valence-corrected chi connectivity index (χ2v) is 8.08. The van der Waals surface area contributed by atoms with E-state index in [-0.39, 0.29) is 18.4 Å². The molecule has 0 aromatic heterocycles. The fourth-order valence-corrected chi connectivity index (χ4v) is 4.00. The highest BCUT2D eigenvalue weighted by Gasteiger charge is 2.42. The van der Waals surface area contributed by atoms with Gasteiger partial charge in [-0.2, -0.15) is 0 Å². The molecule has 2 aliphatic heterocycles. The van der Waals surface area contributed by atoms with Gasteiger partial charge in [-0.3, -0.25) is 14.5 Å². The van der Waals surface area contributed by atoms with E-state index in [2.05, 4.69) is 16.8 Å². The molecule has 5 nitrogen and oxygen atoms in total. The average molecular weight is 410 g/mol. The Morgan fingerprint density at radius 2 is 1.55 bits per heavy atom. The highest BCUT2D eigenvalue weighted by molar-refractivity contribution is 6.35. The molecule has 2 aromatic carbocycles. The summed E-state index contributed by atoms with van der Waals surface area (Å²) in [4.78, 5) is 32.4. The summed E-state index contributed by atoms with van der Waals surface area (Å²) in [6.07, 6.45) is 0. The maximum atomic E-state index is 13.4. The first-order valence-electron chi connectivity index (χ1n) is 9.80. The van der Waals surface area contributed by atoms with Crippen LogP contribution in [0.3, 0.4) is 0 Å². The Balaban J connectivity index is 1.73. The van der Waals surface area contributed by atoms with Crippen molar-refractivity contribution in [2.45, 2.75) is 13.5 Å². The van der Waals surface area contributed by atoms with Crippen LogP contribution < -0.4 is 0 Å². The Kier molecular flexibility index (Phi) is 5.43. The molecule has 4 rings (SSSR count). The second kappa shape index (κ2) is 8.01. The van der Waals surface area contributed by atoms with Crippen molar-refractivity contribution in [1.29, 1.82) is 0 Å². The van der Waals surface area contributed by atoms with Crippen molar-refractivity contribution < 1.29 is 9.59 Å². The average Bonchev–Trinajstić information content (AvgIpc) is 2.96. The monoisotopic (exact) mass is 409 g/mol. The zero-order chi connectivity index (χ0) is 20.5. The zero-order valence-electron chi connectivity index (χ0n) is 16.7. The van der Waals surface area contributed by atoms with Gasteiger partial charge in [0.1, 0.15) is 5.70 Å². The van der Waals surface area contributed by atoms with Crippen LogP contribution in [0.4, 0.5) is 0 Å². The number of aryl methyl sites for hydroxylation is 1. The fraction of sp³-hybridized carbons (Fsp3) is 0.304. The topological polar surface area (TPSA) is 43.9 Å². The molecule has 0 spiro atoms. The van der Waals surface area contributed by atoms with Gasteiger partial charge in [0.05, 0.1) is 12.1 Å². The van der Waals surface area contributed by atoms with E-state index < -0.39 is 0 Å². The smallest absolute Gasteiger partial charge is 0.278 e. The number of carbonyl (C=O) groups excluding carboxylic acids is 2. The van der Waals surface area contributed by atoms with Crippen molar-refractivity contribution in [1.82, 2.24) is 14.7 Å². The number of rotatable bonds is 4. The minimum Gasteiger partial charge on any atom is -0.364 e. The van der Waals surface area contributed by atoms with Gasteiger partial charge in [-0.1, -0.05) is 59.6 Å². The molecule has 2 amide bonds. The van der Waals surface area contributed by atoms with Crippen molar-refractivity contribution in [2.24, 2.45) is 0 Å². The summed E-state index contributed by atoms with van der Waals surface area (Å²) < 4.78 is 0. The predicted octanol–water partition coefficient (Wildman–Crippen LogP) is 3.18. The SMILES string of the molecule is Cc1ccc(C2=C(N3CCN(C)CC3)C(=O)N(Cc3ccccc3Cl)C2=O)cc1. The van der Waals surface area contributed by atoms with E-state index in [1.54, 1.807) is 6.07 Å². The van der Waals surface area contributed by atoms with Crippen LogP contribution >= 0.6 is 11.6 Å². The molecule has 150 valence electrons. The number of nitrogens with zero attached hydrogens (tertiary/aromatic N) is 3. The van der Waals surface area contributed by atoms with Crippen LogP contribution in [0.1, 0.15) is 16.7 Å². The standard InChI is InChI=1S/C23H24ClN3O2/c1-16-7-9-17(10-8-16)20-21(26-13-11-25(2)12-14-26)23(29)27(22(20)28)15-18-5-3-4-6-19(18)24/h3-10H,11-15H2,1-2H3. The summed E-state index contributed by atoms with van der Waals surface area (Å²) in [7, 11) is 2.07. The van der Waals surface area contributed by atoms with Gasteiger partial charge in [-0.05, 0) is 31.2 Å². The van der Waals surface area contributed by atoms with E-state index >= 15 is 0 Å². The molecule has 0 radical (unpaired) electrons. The summed E-state index contributed by atoms with van der Waals surface area (Å²) in [6.45, 7) is 5.34. The molecule has 1 saturated heterocycles. The van der Waals surface area contributed by atoms with E-state index in [9.17, 15) is 9.59 Å². The minimum atomic E-state index is -0.257. The number of imide groups is 1. The van der Waals surface area contributed by atoms with Gasteiger partial charge in [0.25, 0.3) is 11.8 Å². The first-order chi connectivity index (χ1) is 14.0. The minimum absolute atomic E-state index is 0.171. The van der Waals surface area contributed by atoms with Crippen molar-refractivity contribution >= 4 is 29.0 Å². The first kappa shape index (κ1) is 19.7. The van der Waals surface area contributed by atoms with Crippen LogP contribution in [-0.4, -0.2) is 59.7 Å². The first-order valence-corrected chi connectivity index (χ1v) is 10.2. The number of likely N-dealkylation sites (N-methyl/N-ethyl adjacent to an activating group) is 1. The van der Waals surface area contributed by atoms with Crippen molar-refractivity contribution in [3.8, 4) is 0 Å². The fourth-order valence-electron chi connectivity index (χ4n) is 3.81. The number of hydrogen-bond acceptors (Lipinski definition) is 4. The predicted molar refractivity (Wildman–Crippen MR) is 114 cm³/mol. The van der Waals surface area contributed by atoms with Crippen molar-refractivity contribution in [2.75, 3.05) is 33.2 Å². The van der Waals surface area contributed by atoms with Crippen LogP contribution in [0.15, 0.2) is 54.2 Å². The molecule has 29 heavy (non-hydrogen) atoms. The second-order valence-electron chi connectivity index (χ2n) is 7.67. The maximum Gasteiger partial charge on any atom is 0.278 e. The number of carbonyl (C=O) groups is 2. The number of benzene rings is 2. The number of piperazine rings is 1.